The maximum absolute atomic E-state index is 13.7. The van der Waals surface area contributed by atoms with E-state index in [9.17, 15) is 22.0 Å². The first kappa shape index (κ1) is 16.7. The summed E-state index contributed by atoms with van der Waals surface area (Å²) < 4.78 is 53.6. The van der Waals surface area contributed by atoms with E-state index in [0.29, 0.717) is 6.07 Å². The maximum atomic E-state index is 13.7. The Morgan fingerprint density at radius 2 is 1.75 bits per heavy atom. The molecule has 0 fully saturated rings. The fourth-order valence-corrected chi connectivity index (χ4v) is 3.10. The molecule has 0 aliphatic rings. The molecule has 112 valence electrons. The molecule has 0 unspecified atom stereocenters. The Kier molecular flexibility index (Phi) is 4.66. The van der Waals surface area contributed by atoms with E-state index in [2.05, 4.69) is 4.72 Å². The SMILES string of the molecule is CCC(=O)c1cc(S(=O)(=O)NC(C)(C)C)c(F)cc1F. The van der Waals surface area contributed by atoms with Gasteiger partial charge in [-0.25, -0.2) is 21.9 Å². The molecule has 1 aromatic carbocycles. The van der Waals surface area contributed by atoms with Crippen LogP contribution in [0.1, 0.15) is 44.5 Å². The number of hydrogen-bond donors (Lipinski definition) is 1. The average molecular weight is 305 g/mol. The number of sulfonamides is 1. The summed E-state index contributed by atoms with van der Waals surface area (Å²) in [6, 6.07) is 1.16. The molecule has 0 spiro atoms. The first-order valence-corrected chi connectivity index (χ1v) is 7.52. The normalized spacial score (nSPS) is 12.5. The van der Waals surface area contributed by atoms with Crippen LogP contribution in [0.5, 0.6) is 0 Å². The molecule has 0 saturated heterocycles. The van der Waals surface area contributed by atoms with Crippen molar-refractivity contribution in [3.63, 3.8) is 0 Å². The molecule has 1 rings (SSSR count). The van der Waals surface area contributed by atoms with Gasteiger partial charge in [-0.1, -0.05) is 6.92 Å². The quantitative estimate of drug-likeness (QED) is 0.870. The molecule has 1 aromatic rings. The van der Waals surface area contributed by atoms with E-state index in [4.69, 9.17) is 0 Å². The van der Waals surface area contributed by atoms with Crippen LogP contribution in [0, 0.1) is 11.6 Å². The fraction of sp³-hybridized carbons (Fsp3) is 0.462. The number of nitrogens with one attached hydrogen (secondary N) is 1. The van der Waals surface area contributed by atoms with Crippen LogP contribution in [0.3, 0.4) is 0 Å². The summed E-state index contributed by atoms with van der Waals surface area (Å²) in [4.78, 5) is 10.8. The second-order valence-corrected chi connectivity index (χ2v) is 7.05. The summed E-state index contributed by atoms with van der Waals surface area (Å²) in [7, 11) is -4.17. The minimum Gasteiger partial charge on any atom is -0.294 e. The van der Waals surface area contributed by atoms with E-state index in [-0.39, 0.29) is 6.42 Å². The van der Waals surface area contributed by atoms with Crippen LogP contribution in [-0.2, 0) is 10.0 Å². The fourth-order valence-electron chi connectivity index (χ4n) is 1.60. The molecule has 20 heavy (non-hydrogen) atoms. The highest BCUT2D eigenvalue weighted by atomic mass is 32.2. The zero-order valence-corrected chi connectivity index (χ0v) is 12.6. The zero-order valence-electron chi connectivity index (χ0n) is 11.8. The summed E-state index contributed by atoms with van der Waals surface area (Å²) in [6.45, 7) is 6.27. The van der Waals surface area contributed by atoms with Gasteiger partial charge in [-0.2, -0.15) is 0 Å². The largest absolute Gasteiger partial charge is 0.294 e. The van der Waals surface area contributed by atoms with Gasteiger partial charge in [0.05, 0.1) is 5.56 Å². The third-order valence-corrected chi connectivity index (χ3v) is 4.15. The summed E-state index contributed by atoms with van der Waals surface area (Å²) >= 11 is 0. The van der Waals surface area contributed by atoms with Gasteiger partial charge >= 0.3 is 0 Å². The smallest absolute Gasteiger partial charge is 0.243 e. The highest BCUT2D eigenvalue weighted by Gasteiger charge is 2.27. The van der Waals surface area contributed by atoms with Crippen LogP contribution in [0.15, 0.2) is 17.0 Å². The Labute approximate surface area is 117 Å². The Morgan fingerprint density at radius 3 is 2.20 bits per heavy atom. The van der Waals surface area contributed by atoms with Crippen molar-refractivity contribution in [2.75, 3.05) is 0 Å². The molecule has 1 N–H and O–H groups in total. The number of halogens is 2. The van der Waals surface area contributed by atoms with Crippen molar-refractivity contribution in [2.45, 2.75) is 44.6 Å². The first-order valence-electron chi connectivity index (χ1n) is 6.04. The third-order valence-electron chi connectivity index (χ3n) is 2.37. The van der Waals surface area contributed by atoms with E-state index in [1.54, 1.807) is 20.8 Å². The van der Waals surface area contributed by atoms with E-state index in [1.807, 2.05) is 0 Å². The van der Waals surface area contributed by atoms with Crippen molar-refractivity contribution >= 4 is 15.8 Å². The maximum Gasteiger partial charge on any atom is 0.243 e. The summed E-state index contributed by atoms with van der Waals surface area (Å²) in [6.07, 6.45) is -0.00522. The molecule has 0 saturated carbocycles. The lowest BCUT2D eigenvalue weighted by Gasteiger charge is -2.20. The van der Waals surface area contributed by atoms with Crippen LogP contribution < -0.4 is 4.72 Å². The molecule has 0 atom stereocenters. The van der Waals surface area contributed by atoms with Gasteiger partial charge in [-0.3, -0.25) is 4.79 Å². The van der Waals surface area contributed by atoms with Crippen molar-refractivity contribution < 1.29 is 22.0 Å². The molecule has 0 radical (unpaired) electrons. The second kappa shape index (κ2) is 5.57. The topological polar surface area (TPSA) is 63.2 Å². The first-order chi connectivity index (χ1) is 8.98. The predicted molar refractivity (Wildman–Crippen MR) is 71.1 cm³/mol. The van der Waals surface area contributed by atoms with Gasteiger partial charge in [-0.05, 0) is 26.8 Å². The number of ketones is 1. The number of carbonyl (C=O) groups is 1. The van der Waals surface area contributed by atoms with Crippen molar-refractivity contribution in [1.29, 1.82) is 0 Å². The Morgan fingerprint density at radius 1 is 1.20 bits per heavy atom. The van der Waals surface area contributed by atoms with Gasteiger partial charge in [0.25, 0.3) is 0 Å². The molecular weight excluding hydrogens is 288 g/mol. The van der Waals surface area contributed by atoms with E-state index < -0.39 is 43.4 Å². The molecule has 0 heterocycles. The van der Waals surface area contributed by atoms with Crippen molar-refractivity contribution in [2.24, 2.45) is 0 Å². The minimum absolute atomic E-state index is 0.00522. The molecular formula is C13H17F2NO3S. The van der Waals surface area contributed by atoms with Crippen LogP contribution in [0.25, 0.3) is 0 Å². The van der Waals surface area contributed by atoms with Gasteiger partial charge in [0, 0.05) is 18.0 Å². The monoisotopic (exact) mass is 305 g/mol. The molecule has 0 aromatic heterocycles. The van der Waals surface area contributed by atoms with Crippen molar-refractivity contribution in [3.8, 4) is 0 Å². The molecule has 0 aliphatic heterocycles. The van der Waals surface area contributed by atoms with Crippen molar-refractivity contribution in [1.82, 2.24) is 4.72 Å². The van der Waals surface area contributed by atoms with Crippen molar-refractivity contribution in [3.05, 3.63) is 29.3 Å². The lowest BCUT2D eigenvalue weighted by molar-refractivity contribution is 0.0984. The predicted octanol–water partition coefficient (Wildman–Crippen LogP) is 2.63. The zero-order chi connectivity index (χ0) is 15.7. The Hall–Kier alpha value is -1.34. The standard InChI is InChI=1S/C13H17F2NO3S/c1-5-11(17)8-6-12(10(15)7-9(8)14)20(18,19)16-13(2,3)4/h6-7,16H,5H2,1-4H3. The van der Waals surface area contributed by atoms with E-state index in [1.165, 1.54) is 6.92 Å². The third kappa shape index (κ3) is 3.83. The van der Waals surface area contributed by atoms with Crippen LogP contribution in [0.2, 0.25) is 0 Å². The summed E-state index contributed by atoms with van der Waals surface area (Å²) in [5.41, 5.74) is -1.25. The lowest BCUT2D eigenvalue weighted by atomic mass is 10.1. The van der Waals surface area contributed by atoms with E-state index >= 15 is 0 Å². The van der Waals surface area contributed by atoms with Gasteiger partial charge in [0.1, 0.15) is 16.5 Å². The van der Waals surface area contributed by atoms with Crippen LogP contribution in [-0.4, -0.2) is 19.7 Å². The molecule has 7 heteroatoms. The number of rotatable bonds is 4. The van der Waals surface area contributed by atoms with Gasteiger partial charge in [0.2, 0.25) is 10.0 Å². The number of Topliss-reactive ketones (excluding diaryl/α,β-unsaturated/α-hetero) is 1. The van der Waals surface area contributed by atoms with Crippen LogP contribution in [0.4, 0.5) is 8.78 Å². The van der Waals surface area contributed by atoms with Gasteiger partial charge < -0.3 is 0 Å². The number of hydrogen-bond acceptors (Lipinski definition) is 3. The van der Waals surface area contributed by atoms with Gasteiger partial charge in [-0.15, -0.1) is 0 Å². The van der Waals surface area contributed by atoms with E-state index in [0.717, 1.165) is 6.07 Å². The number of benzene rings is 1. The Bertz CT molecular complexity index is 634. The lowest BCUT2D eigenvalue weighted by Crippen LogP contribution is -2.40. The summed E-state index contributed by atoms with van der Waals surface area (Å²) in [5, 5.41) is 0. The highest BCUT2D eigenvalue weighted by molar-refractivity contribution is 7.89. The Balaban J connectivity index is 3.43. The van der Waals surface area contributed by atoms with Gasteiger partial charge in [0.15, 0.2) is 5.78 Å². The molecule has 0 aliphatic carbocycles. The molecule has 0 amide bonds. The number of carbonyl (C=O) groups excluding carboxylic acids is 1. The minimum atomic E-state index is -4.17. The average Bonchev–Trinajstić information content (AvgIpc) is 2.24. The molecule has 0 bridgehead atoms. The van der Waals surface area contributed by atoms with Crippen LogP contribution >= 0.6 is 0 Å². The summed E-state index contributed by atoms with van der Waals surface area (Å²) in [5.74, 6) is -2.88. The highest BCUT2D eigenvalue weighted by Crippen LogP contribution is 2.22. The molecule has 4 nitrogen and oxygen atoms in total. The second-order valence-electron chi connectivity index (χ2n) is 5.39.